The van der Waals surface area contributed by atoms with Gasteiger partial charge in [0.1, 0.15) is 11.2 Å². The van der Waals surface area contributed by atoms with Crippen LogP contribution in [-0.2, 0) is 13.6 Å². The Bertz CT molecular complexity index is 1320. The van der Waals surface area contributed by atoms with E-state index in [1.165, 1.54) is 10.9 Å². The molecule has 0 bridgehead atoms. The molecule has 0 unspecified atom stereocenters. The molecule has 0 saturated carbocycles. The van der Waals surface area contributed by atoms with Crippen LogP contribution in [-0.4, -0.2) is 40.8 Å². The van der Waals surface area contributed by atoms with Crippen molar-refractivity contribution in [3.63, 3.8) is 0 Å². The van der Waals surface area contributed by atoms with E-state index in [1.807, 2.05) is 24.3 Å². The van der Waals surface area contributed by atoms with Gasteiger partial charge in [0.2, 0.25) is 5.88 Å². The normalized spacial score (nSPS) is 10.8. The zero-order valence-corrected chi connectivity index (χ0v) is 18.2. The maximum Gasteiger partial charge on any atom is 0.264 e. The van der Waals surface area contributed by atoms with Crippen LogP contribution in [0.2, 0.25) is 0 Å². The molecule has 0 spiro atoms. The van der Waals surface area contributed by atoms with Crippen molar-refractivity contribution in [1.29, 1.82) is 0 Å². The van der Waals surface area contributed by atoms with Crippen LogP contribution < -0.4 is 25.1 Å². The maximum absolute atomic E-state index is 12.9. The van der Waals surface area contributed by atoms with E-state index < -0.39 is 0 Å². The molecule has 9 nitrogen and oxygen atoms in total. The highest BCUT2D eigenvalue weighted by molar-refractivity contribution is 5.91. The van der Waals surface area contributed by atoms with Gasteiger partial charge in [0.15, 0.2) is 11.5 Å². The number of fused-ring (bicyclic) bond motifs is 1. The Kier molecular flexibility index (Phi) is 5.89. The molecule has 0 aliphatic heterocycles. The predicted octanol–water partition coefficient (Wildman–Crippen LogP) is 3.03. The van der Waals surface area contributed by atoms with Crippen molar-refractivity contribution in [2.75, 3.05) is 26.6 Å². The molecule has 3 aromatic heterocycles. The van der Waals surface area contributed by atoms with E-state index in [4.69, 9.17) is 19.2 Å². The fourth-order valence-electron chi connectivity index (χ4n) is 3.32. The van der Waals surface area contributed by atoms with Crippen molar-refractivity contribution in [3.8, 4) is 28.6 Å². The first kappa shape index (κ1) is 21.1. The van der Waals surface area contributed by atoms with Gasteiger partial charge in [-0.3, -0.25) is 4.79 Å². The quantitative estimate of drug-likeness (QED) is 0.475. The monoisotopic (exact) mass is 433 g/mol. The number of benzene rings is 1. The Labute approximate surface area is 184 Å². The third-order valence-corrected chi connectivity index (χ3v) is 5.05. The molecule has 32 heavy (non-hydrogen) atoms. The standard InChI is InChI=1S/C23H23N5O4/c1-28-13-26-17-10-16(15-6-7-18(30-2)19(9-15)31-3)27-22(21(17)23(28)29)25-12-14-5-8-20(32-4)24-11-14/h5-11,13H,12H2,1-4H3,(H,25,27). The largest absolute Gasteiger partial charge is 0.493 e. The summed E-state index contributed by atoms with van der Waals surface area (Å²) in [5, 5.41) is 3.69. The van der Waals surface area contributed by atoms with Crippen molar-refractivity contribution in [1.82, 2.24) is 19.5 Å². The molecule has 0 atom stereocenters. The van der Waals surface area contributed by atoms with Gasteiger partial charge in [-0.1, -0.05) is 6.07 Å². The lowest BCUT2D eigenvalue weighted by atomic mass is 10.1. The molecule has 1 N–H and O–H groups in total. The van der Waals surface area contributed by atoms with Gasteiger partial charge in [-0.05, 0) is 29.8 Å². The number of aryl methyl sites for hydroxylation is 1. The first-order valence-electron chi connectivity index (χ1n) is 9.85. The molecule has 4 aromatic rings. The Hall–Kier alpha value is -4.14. The minimum atomic E-state index is -0.184. The van der Waals surface area contributed by atoms with Gasteiger partial charge in [0.25, 0.3) is 5.56 Å². The lowest BCUT2D eigenvalue weighted by molar-refractivity contribution is 0.355. The number of hydrogen-bond acceptors (Lipinski definition) is 8. The lowest BCUT2D eigenvalue weighted by Crippen LogP contribution is -2.19. The summed E-state index contributed by atoms with van der Waals surface area (Å²) in [6.45, 7) is 0.423. The molecule has 0 aliphatic carbocycles. The number of rotatable bonds is 7. The van der Waals surface area contributed by atoms with Gasteiger partial charge < -0.3 is 24.1 Å². The fraction of sp³-hybridized carbons (Fsp3) is 0.217. The number of aromatic nitrogens is 4. The van der Waals surface area contributed by atoms with Gasteiger partial charge >= 0.3 is 0 Å². The van der Waals surface area contributed by atoms with Gasteiger partial charge in [-0.2, -0.15) is 0 Å². The Morgan fingerprint density at radius 3 is 2.47 bits per heavy atom. The highest BCUT2D eigenvalue weighted by Gasteiger charge is 2.15. The fourth-order valence-corrected chi connectivity index (χ4v) is 3.32. The second-order valence-corrected chi connectivity index (χ2v) is 7.04. The molecule has 0 amide bonds. The molecular weight excluding hydrogens is 410 g/mol. The number of nitrogens with zero attached hydrogens (tertiary/aromatic N) is 4. The van der Waals surface area contributed by atoms with E-state index in [1.54, 1.807) is 46.7 Å². The third-order valence-electron chi connectivity index (χ3n) is 5.05. The van der Waals surface area contributed by atoms with Crippen molar-refractivity contribution in [2.24, 2.45) is 7.05 Å². The molecule has 0 radical (unpaired) electrons. The first-order chi connectivity index (χ1) is 15.5. The minimum Gasteiger partial charge on any atom is -0.493 e. The summed E-state index contributed by atoms with van der Waals surface area (Å²) < 4.78 is 17.3. The van der Waals surface area contributed by atoms with Crippen LogP contribution in [0.25, 0.3) is 22.2 Å². The van der Waals surface area contributed by atoms with Crippen LogP contribution in [0.4, 0.5) is 5.82 Å². The summed E-state index contributed by atoms with van der Waals surface area (Å²) in [4.78, 5) is 26.3. The lowest BCUT2D eigenvalue weighted by Gasteiger charge is -2.13. The number of nitrogens with one attached hydrogen (secondary N) is 1. The minimum absolute atomic E-state index is 0.184. The number of pyridine rings is 2. The average Bonchev–Trinajstić information content (AvgIpc) is 2.84. The van der Waals surface area contributed by atoms with E-state index in [0.29, 0.717) is 46.3 Å². The van der Waals surface area contributed by atoms with Gasteiger partial charge in [-0.25, -0.2) is 15.0 Å². The Morgan fingerprint density at radius 2 is 1.78 bits per heavy atom. The third kappa shape index (κ3) is 4.04. The van der Waals surface area contributed by atoms with E-state index in [9.17, 15) is 4.79 Å². The van der Waals surface area contributed by atoms with Crippen molar-refractivity contribution in [3.05, 3.63) is 64.8 Å². The van der Waals surface area contributed by atoms with E-state index >= 15 is 0 Å². The van der Waals surface area contributed by atoms with E-state index in [2.05, 4.69) is 15.3 Å². The number of hydrogen-bond donors (Lipinski definition) is 1. The zero-order chi connectivity index (χ0) is 22.7. The van der Waals surface area contributed by atoms with Crippen molar-refractivity contribution >= 4 is 16.7 Å². The number of methoxy groups -OCH3 is 3. The second-order valence-electron chi connectivity index (χ2n) is 7.04. The van der Waals surface area contributed by atoms with Gasteiger partial charge in [0.05, 0.1) is 38.9 Å². The average molecular weight is 433 g/mol. The summed E-state index contributed by atoms with van der Waals surface area (Å²) in [5.74, 6) is 2.18. The summed E-state index contributed by atoms with van der Waals surface area (Å²) in [5.41, 5.74) is 2.73. The highest BCUT2D eigenvalue weighted by Crippen LogP contribution is 2.33. The molecule has 0 fully saturated rings. The second kappa shape index (κ2) is 8.93. The zero-order valence-electron chi connectivity index (χ0n) is 18.2. The molecular formula is C23H23N5O4. The summed E-state index contributed by atoms with van der Waals surface area (Å²) in [6, 6.07) is 11.0. The molecule has 4 rings (SSSR count). The van der Waals surface area contributed by atoms with Crippen LogP contribution in [0.5, 0.6) is 17.4 Å². The molecule has 1 aromatic carbocycles. The SMILES string of the molecule is COc1ccc(CNc2nc(-c3ccc(OC)c(OC)c3)cc3ncn(C)c(=O)c23)cn1. The molecule has 0 aliphatic rings. The number of anilines is 1. The highest BCUT2D eigenvalue weighted by atomic mass is 16.5. The van der Waals surface area contributed by atoms with E-state index in [0.717, 1.165) is 11.1 Å². The van der Waals surface area contributed by atoms with Crippen LogP contribution in [0, 0.1) is 0 Å². The summed E-state index contributed by atoms with van der Waals surface area (Å²) >= 11 is 0. The van der Waals surface area contributed by atoms with Gasteiger partial charge in [0, 0.05) is 31.4 Å². The van der Waals surface area contributed by atoms with Crippen molar-refractivity contribution < 1.29 is 14.2 Å². The van der Waals surface area contributed by atoms with Crippen LogP contribution in [0.1, 0.15) is 5.56 Å². The molecule has 0 saturated heterocycles. The molecule has 164 valence electrons. The van der Waals surface area contributed by atoms with Gasteiger partial charge in [-0.15, -0.1) is 0 Å². The maximum atomic E-state index is 12.9. The van der Waals surface area contributed by atoms with Crippen molar-refractivity contribution in [2.45, 2.75) is 6.54 Å². The smallest absolute Gasteiger partial charge is 0.264 e. The van der Waals surface area contributed by atoms with Crippen LogP contribution in [0.3, 0.4) is 0 Å². The van der Waals surface area contributed by atoms with E-state index in [-0.39, 0.29) is 5.56 Å². The van der Waals surface area contributed by atoms with Crippen LogP contribution in [0.15, 0.2) is 53.7 Å². The summed E-state index contributed by atoms with van der Waals surface area (Å²) in [7, 11) is 6.39. The number of ether oxygens (including phenoxy) is 3. The molecule has 9 heteroatoms. The first-order valence-corrected chi connectivity index (χ1v) is 9.85. The Balaban J connectivity index is 1.79. The van der Waals surface area contributed by atoms with Crippen LogP contribution >= 0.6 is 0 Å². The Morgan fingerprint density at radius 1 is 0.969 bits per heavy atom. The molecule has 3 heterocycles. The predicted molar refractivity (Wildman–Crippen MR) is 121 cm³/mol. The summed E-state index contributed by atoms with van der Waals surface area (Å²) in [6.07, 6.45) is 3.21. The topological polar surface area (TPSA) is 100 Å².